The fraction of sp³-hybridized carbons (Fsp3) is 0.867. The smallest absolute Gasteiger partial charge is 0.196 e. The Bertz CT molecular complexity index is 281. The number of unbranched alkanes of at least 4 members (excludes halogenated alkanes) is 7. The molecule has 0 spiro atoms. The van der Waals surface area contributed by atoms with Crippen LogP contribution in [0, 0.1) is 0 Å². The van der Waals surface area contributed by atoms with Crippen molar-refractivity contribution in [2.24, 2.45) is 16.5 Å². The quantitative estimate of drug-likeness (QED) is 0.210. The molecule has 0 heterocycles. The van der Waals surface area contributed by atoms with Crippen molar-refractivity contribution in [3.8, 4) is 0 Å². The zero-order chi connectivity index (χ0) is 15.8. The van der Waals surface area contributed by atoms with E-state index in [1.807, 2.05) is 0 Å². The summed E-state index contributed by atoms with van der Waals surface area (Å²) >= 11 is 4.92. The monoisotopic (exact) mass is 316 g/mol. The van der Waals surface area contributed by atoms with E-state index >= 15 is 0 Å². The first-order valence-corrected chi connectivity index (χ1v) is 8.52. The summed E-state index contributed by atoms with van der Waals surface area (Å²) in [6.07, 6.45) is 11.5. The van der Waals surface area contributed by atoms with Crippen LogP contribution in [0.5, 0.6) is 0 Å². The predicted octanol–water partition coefficient (Wildman–Crippen LogP) is 2.68. The highest BCUT2D eigenvalue weighted by Crippen LogP contribution is 2.08. The van der Waals surface area contributed by atoms with E-state index in [-0.39, 0.29) is 5.96 Å². The fourth-order valence-electron chi connectivity index (χ4n) is 1.97. The minimum atomic E-state index is -0.0153. The highest BCUT2D eigenvalue weighted by Gasteiger charge is 1.95. The summed E-state index contributed by atoms with van der Waals surface area (Å²) in [4.78, 5) is 3.72. The van der Waals surface area contributed by atoms with Crippen LogP contribution in [0.4, 0.5) is 0 Å². The first kappa shape index (κ1) is 20.1. The molecule has 0 bridgehead atoms. The van der Waals surface area contributed by atoms with Crippen molar-refractivity contribution in [2.45, 2.75) is 64.7 Å². The number of hydrogen-bond donors (Lipinski definition) is 3. The fourth-order valence-corrected chi connectivity index (χ4v) is 2.17. The number of guanidine groups is 1. The molecule has 5 N–H and O–H groups in total. The van der Waals surface area contributed by atoms with Crippen molar-refractivity contribution >= 4 is 23.3 Å². The van der Waals surface area contributed by atoms with E-state index in [0.717, 1.165) is 32.6 Å². The third-order valence-electron chi connectivity index (χ3n) is 3.11. The molecule has 6 heteroatoms. The van der Waals surface area contributed by atoms with E-state index in [0.29, 0.717) is 5.11 Å². The van der Waals surface area contributed by atoms with Gasteiger partial charge in [-0.15, -0.1) is 0 Å². The number of nitrogens with two attached hydrogens (primary N) is 2. The van der Waals surface area contributed by atoms with Crippen LogP contribution in [0.25, 0.3) is 0 Å². The Morgan fingerprint density at radius 2 is 1.52 bits per heavy atom. The maximum absolute atomic E-state index is 5.57. The Hall–Kier alpha value is -0.880. The van der Waals surface area contributed by atoms with E-state index in [9.17, 15) is 0 Å². The van der Waals surface area contributed by atoms with Crippen molar-refractivity contribution in [3.63, 3.8) is 0 Å². The molecule has 0 rings (SSSR count). The molecule has 0 fully saturated rings. The first-order valence-electron chi connectivity index (χ1n) is 8.12. The molecule has 0 unspecified atom stereocenters. The molecule has 0 amide bonds. The van der Waals surface area contributed by atoms with Crippen molar-refractivity contribution in [2.75, 3.05) is 19.8 Å². The molecule has 0 aromatic carbocycles. The van der Waals surface area contributed by atoms with Crippen molar-refractivity contribution < 1.29 is 4.74 Å². The van der Waals surface area contributed by atoms with Gasteiger partial charge < -0.3 is 21.5 Å². The van der Waals surface area contributed by atoms with Gasteiger partial charge in [0, 0.05) is 19.8 Å². The van der Waals surface area contributed by atoms with Crippen LogP contribution >= 0.6 is 12.2 Å². The average Bonchev–Trinajstić information content (AvgIpc) is 2.43. The summed E-state index contributed by atoms with van der Waals surface area (Å²) in [5.41, 5.74) is 10.4. The Balaban J connectivity index is 3.12. The standard InChI is InChI=1S/C15H32N4OS/c1-2-3-4-5-6-7-8-9-12-20-13-10-11-18-15(21)19-14(16)17/h2-13H2,1H3,(H5,16,17,18,19,21). The summed E-state index contributed by atoms with van der Waals surface area (Å²) in [6.45, 7) is 4.58. The molecular formula is C15H32N4OS. The minimum Gasteiger partial charge on any atom is -0.381 e. The van der Waals surface area contributed by atoms with Crippen LogP contribution in [-0.4, -0.2) is 30.8 Å². The summed E-state index contributed by atoms with van der Waals surface area (Å²) in [5.74, 6) is -0.0153. The second kappa shape index (κ2) is 15.5. The largest absolute Gasteiger partial charge is 0.381 e. The minimum absolute atomic E-state index is 0.0153. The molecule has 0 saturated carbocycles. The zero-order valence-electron chi connectivity index (χ0n) is 13.4. The molecule has 0 aromatic rings. The number of thiocarbonyl (C=S) groups is 1. The molecule has 0 radical (unpaired) electrons. The number of rotatable bonds is 13. The molecule has 5 nitrogen and oxygen atoms in total. The molecule has 0 aliphatic carbocycles. The van der Waals surface area contributed by atoms with Gasteiger partial charge in [-0.1, -0.05) is 51.9 Å². The molecular weight excluding hydrogens is 284 g/mol. The Labute approximate surface area is 134 Å². The Morgan fingerprint density at radius 1 is 0.952 bits per heavy atom. The van der Waals surface area contributed by atoms with Gasteiger partial charge >= 0.3 is 0 Å². The summed E-state index contributed by atoms with van der Waals surface area (Å²) in [5, 5.41) is 3.28. The highest BCUT2D eigenvalue weighted by molar-refractivity contribution is 7.80. The molecule has 21 heavy (non-hydrogen) atoms. The van der Waals surface area contributed by atoms with Crippen LogP contribution in [0.3, 0.4) is 0 Å². The lowest BCUT2D eigenvalue weighted by Crippen LogP contribution is -2.29. The average molecular weight is 317 g/mol. The number of ether oxygens (including phenoxy) is 1. The van der Waals surface area contributed by atoms with Gasteiger partial charge in [0.1, 0.15) is 0 Å². The first-order chi connectivity index (χ1) is 10.2. The highest BCUT2D eigenvalue weighted by atomic mass is 32.1. The van der Waals surface area contributed by atoms with E-state index in [2.05, 4.69) is 17.2 Å². The van der Waals surface area contributed by atoms with Crippen molar-refractivity contribution in [1.29, 1.82) is 0 Å². The van der Waals surface area contributed by atoms with E-state index < -0.39 is 0 Å². The molecule has 0 aliphatic rings. The Morgan fingerprint density at radius 3 is 2.14 bits per heavy atom. The molecule has 0 atom stereocenters. The van der Waals surface area contributed by atoms with Crippen LogP contribution in [0.1, 0.15) is 64.7 Å². The number of aliphatic imine (C=N–C) groups is 1. The van der Waals surface area contributed by atoms with Gasteiger partial charge in [0.15, 0.2) is 11.1 Å². The van der Waals surface area contributed by atoms with Crippen LogP contribution in [0.15, 0.2) is 4.99 Å². The molecule has 124 valence electrons. The van der Waals surface area contributed by atoms with Gasteiger partial charge in [0.2, 0.25) is 0 Å². The summed E-state index contributed by atoms with van der Waals surface area (Å²) in [7, 11) is 0. The van der Waals surface area contributed by atoms with Gasteiger partial charge in [-0.25, -0.2) is 0 Å². The number of hydrogen-bond acceptors (Lipinski definition) is 2. The topological polar surface area (TPSA) is 85.7 Å². The molecule has 0 aromatic heterocycles. The third kappa shape index (κ3) is 17.1. The van der Waals surface area contributed by atoms with Gasteiger partial charge in [-0.2, -0.15) is 4.99 Å². The van der Waals surface area contributed by atoms with E-state index in [4.69, 9.17) is 28.4 Å². The van der Waals surface area contributed by atoms with Crippen molar-refractivity contribution in [1.82, 2.24) is 5.32 Å². The molecule has 0 aliphatic heterocycles. The second-order valence-electron chi connectivity index (χ2n) is 5.21. The predicted molar refractivity (Wildman–Crippen MR) is 94.5 cm³/mol. The van der Waals surface area contributed by atoms with Crippen molar-refractivity contribution in [3.05, 3.63) is 0 Å². The maximum Gasteiger partial charge on any atom is 0.196 e. The summed E-state index contributed by atoms with van der Waals surface area (Å²) in [6, 6.07) is 0. The van der Waals surface area contributed by atoms with Gasteiger partial charge in [0.05, 0.1) is 0 Å². The lowest BCUT2D eigenvalue weighted by atomic mass is 10.1. The van der Waals surface area contributed by atoms with Crippen LogP contribution < -0.4 is 16.8 Å². The number of nitrogens with zero attached hydrogens (tertiary/aromatic N) is 1. The lowest BCUT2D eigenvalue weighted by molar-refractivity contribution is 0.128. The Kier molecular flexibility index (Phi) is 14.9. The van der Waals surface area contributed by atoms with Gasteiger partial charge in [-0.3, -0.25) is 0 Å². The maximum atomic E-state index is 5.57. The van der Waals surface area contributed by atoms with Gasteiger partial charge in [0.25, 0.3) is 0 Å². The lowest BCUT2D eigenvalue weighted by Gasteiger charge is -2.06. The van der Waals surface area contributed by atoms with Crippen LogP contribution in [0.2, 0.25) is 0 Å². The summed E-state index contributed by atoms with van der Waals surface area (Å²) < 4.78 is 5.57. The third-order valence-corrected chi connectivity index (χ3v) is 3.35. The van der Waals surface area contributed by atoms with Gasteiger partial charge in [-0.05, 0) is 25.1 Å². The second-order valence-corrected chi connectivity index (χ2v) is 5.60. The number of nitrogens with one attached hydrogen (secondary N) is 1. The molecule has 0 saturated heterocycles. The zero-order valence-corrected chi connectivity index (χ0v) is 14.2. The van der Waals surface area contributed by atoms with E-state index in [1.165, 1.54) is 44.9 Å². The van der Waals surface area contributed by atoms with E-state index in [1.54, 1.807) is 0 Å². The normalized spacial score (nSPS) is 10.3. The van der Waals surface area contributed by atoms with Crippen LogP contribution in [-0.2, 0) is 4.74 Å². The SMILES string of the molecule is CCCCCCCCCCOCCCNC(=S)N=C(N)N.